The van der Waals surface area contributed by atoms with Crippen molar-refractivity contribution in [1.82, 2.24) is 9.97 Å². The Morgan fingerprint density at radius 2 is 1.81 bits per heavy atom. The zero-order valence-electron chi connectivity index (χ0n) is 10.3. The number of alkyl halides is 3. The molecule has 2 nitrogen and oxygen atoms in total. The molecule has 1 heterocycles. The number of halogens is 5. The number of H-pyrrole nitrogens is 1. The zero-order chi connectivity index (χ0) is 15.2. The van der Waals surface area contributed by atoms with E-state index in [0.717, 1.165) is 18.2 Å². The van der Waals surface area contributed by atoms with Crippen molar-refractivity contribution < 1.29 is 17.6 Å². The molecule has 0 aliphatic rings. The van der Waals surface area contributed by atoms with Gasteiger partial charge >= 0.3 is 6.18 Å². The molecule has 0 aliphatic carbocycles. The first-order chi connectivity index (χ1) is 9.84. The molecule has 2 aromatic carbocycles. The molecule has 0 bridgehead atoms. The van der Waals surface area contributed by atoms with Gasteiger partial charge in [-0.25, -0.2) is 9.37 Å². The van der Waals surface area contributed by atoms with Gasteiger partial charge in [0.2, 0.25) is 0 Å². The lowest BCUT2D eigenvalue weighted by atomic mass is 10.2. The van der Waals surface area contributed by atoms with Crippen LogP contribution in [0.25, 0.3) is 22.4 Å². The Hall–Kier alpha value is -2.08. The van der Waals surface area contributed by atoms with Crippen LogP contribution in [0.4, 0.5) is 17.6 Å². The smallest absolute Gasteiger partial charge is 0.338 e. The average molecular weight is 315 g/mol. The molecule has 0 spiro atoms. The van der Waals surface area contributed by atoms with Crippen LogP contribution in [0, 0.1) is 5.82 Å². The highest BCUT2D eigenvalue weighted by Gasteiger charge is 2.30. The third-order valence-corrected chi connectivity index (χ3v) is 3.31. The predicted octanol–water partition coefficient (Wildman–Crippen LogP) is 5.04. The van der Waals surface area contributed by atoms with Crippen LogP contribution < -0.4 is 0 Å². The maximum absolute atomic E-state index is 13.0. The fraction of sp³-hybridized carbons (Fsp3) is 0.0714. The highest BCUT2D eigenvalue weighted by atomic mass is 35.5. The van der Waals surface area contributed by atoms with Crippen LogP contribution in [0.15, 0.2) is 36.4 Å². The van der Waals surface area contributed by atoms with Crippen molar-refractivity contribution in [3.05, 3.63) is 52.8 Å². The van der Waals surface area contributed by atoms with Gasteiger partial charge in [0.05, 0.1) is 21.6 Å². The monoisotopic (exact) mass is 314 g/mol. The molecule has 0 saturated carbocycles. The minimum atomic E-state index is -4.42. The van der Waals surface area contributed by atoms with Crippen LogP contribution in [-0.2, 0) is 6.18 Å². The average Bonchev–Trinajstić information content (AvgIpc) is 2.79. The maximum atomic E-state index is 13.0. The quantitative estimate of drug-likeness (QED) is 0.626. The Kier molecular flexibility index (Phi) is 3.13. The van der Waals surface area contributed by atoms with Crippen LogP contribution >= 0.6 is 11.6 Å². The number of nitrogens with zero attached hydrogens (tertiary/aromatic N) is 1. The molecule has 108 valence electrons. The van der Waals surface area contributed by atoms with E-state index in [-0.39, 0.29) is 16.4 Å². The van der Waals surface area contributed by atoms with Crippen molar-refractivity contribution in [3.8, 4) is 11.4 Å². The van der Waals surface area contributed by atoms with E-state index >= 15 is 0 Å². The number of aromatic nitrogens is 2. The molecule has 1 aromatic heterocycles. The lowest BCUT2D eigenvalue weighted by Gasteiger charge is -2.05. The highest BCUT2D eigenvalue weighted by Crippen LogP contribution is 2.33. The van der Waals surface area contributed by atoms with E-state index in [1.54, 1.807) is 0 Å². The van der Waals surface area contributed by atoms with Crippen LogP contribution in [0.3, 0.4) is 0 Å². The molecule has 1 N–H and O–H groups in total. The normalized spacial score (nSPS) is 12.0. The number of aromatic amines is 1. The van der Waals surface area contributed by atoms with Crippen molar-refractivity contribution in [2.75, 3.05) is 0 Å². The largest absolute Gasteiger partial charge is 0.416 e. The van der Waals surface area contributed by atoms with Gasteiger partial charge in [-0.15, -0.1) is 0 Å². The van der Waals surface area contributed by atoms with Crippen molar-refractivity contribution in [3.63, 3.8) is 0 Å². The molecule has 0 aliphatic heterocycles. The lowest BCUT2D eigenvalue weighted by Crippen LogP contribution is -2.04. The highest BCUT2D eigenvalue weighted by molar-refractivity contribution is 6.33. The summed E-state index contributed by atoms with van der Waals surface area (Å²) in [6.45, 7) is 0. The summed E-state index contributed by atoms with van der Waals surface area (Å²) in [6, 6.07) is 6.94. The molecule has 0 atom stereocenters. The van der Waals surface area contributed by atoms with E-state index in [1.165, 1.54) is 18.2 Å². The number of benzene rings is 2. The Morgan fingerprint density at radius 1 is 1.05 bits per heavy atom. The van der Waals surface area contributed by atoms with E-state index in [1.807, 2.05) is 0 Å². The standard InChI is InChI=1S/C14H7ClF4N2/c15-10-6-8(16)2-3-9(10)13-20-11-4-1-7(14(17,18)19)5-12(11)21-13/h1-6H,(H,20,21). The Bertz CT molecular complexity index is 823. The molecular formula is C14H7ClF4N2. The first kappa shape index (κ1) is 13.9. The maximum Gasteiger partial charge on any atom is 0.416 e. The Morgan fingerprint density at radius 3 is 2.48 bits per heavy atom. The minimum absolute atomic E-state index is 0.130. The summed E-state index contributed by atoms with van der Waals surface area (Å²) < 4.78 is 51.0. The number of fused-ring (bicyclic) bond motifs is 1. The Labute approximate surface area is 121 Å². The minimum Gasteiger partial charge on any atom is -0.338 e. The number of nitrogens with one attached hydrogen (secondary N) is 1. The molecule has 3 rings (SSSR count). The second kappa shape index (κ2) is 4.73. The second-order valence-electron chi connectivity index (χ2n) is 4.44. The molecule has 21 heavy (non-hydrogen) atoms. The summed E-state index contributed by atoms with van der Waals surface area (Å²) in [7, 11) is 0. The van der Waals surface area contributed by atoms with Gasteiger partial charge in [-0.05, 0) is 36.4 Å². The fourth-order valence-electron chi connectivity index (χ4n) is 2.00. The van der Waals surface area contributed by atoms with Crippen molar-refractivity contribution in [1.29, 1.82) is 0 Å². The van der Waals surface area contributed by atoms with E-state index in [2.05, 4.69) is 9.97 Å². The summed E-state index contributed by atoms with van der Waals surface area (Å²) in [5.74, 6) is -0.214. The van der Waals surface area contributed by atoms with E-state index in [4.69, 9.17) is 11.6 Å². The predicted molar refractivity (Wildman–Crippen MR) is 71.5 cm³/mol. The van der Waals surface area contributed by atoms with Crippen LogP contribution in [-0.4, -0.2) is 9.97 Å². The third kappa shape index (κ3) is 2.58. The molecule has 3 aromatic rings. The molecule has 0 saturated heterocycles. The summed E-state index contributed by atoms with van der Waals surface area (Å²) in [5, 5.41) is 0.130. The zero-order valence-corrected chi connectivity index (χ0v) is 11.1. The second-order valence-corrected chi connectivity index (χ2v) is 4.85. The number of hydrogen-bond acceptors (Lipinski definition) is 1. The van der Waals surface area contributed by atoms with Crippen LogP contribution in [0.1, 0.15) is 5.56 Å². The molecule has 0 fully saturated rings. The molecular weight excluding hydrogens is 308 g/mol. The van der Waals surface area contributed by atoms with Crippen LogP contribution in [0.5, 0.6) is 0 Å². The summed E-state index contributed by atoms with van der Waals surface area (Å²) in [4.78, 5) is 6.93. The van der Waals surface area contributed by atoms with Gasteiger partial charge in [-0.2, -0.15) is 13.2 Å². The third-order valence-electron chi connectivity index (χ3n) is 3.00. The molecule has 0 amide bonds. The number of hydrogen-bond donors (Lipinski definition) is 1. The van der Waals surface area contributed by atoms with Crippen molar-refractivity contribution in [2.45, 2.75) is 6.18 Å². The summed E-state index contributed by atoms with van der Waals surface area (Å²) in [6.07, 6.45) is -4.42. The molecule has 0 unspecified atom stereocenters. The number of rotatable bonds is 1. The van der Waals surface area contributed by atoms with Crippen molar-refractivity contribution in [2.24, 2.45) is 0 Å². The van der Waals surface area contributed by atoms with Gasteiger partial charge in [0.15, 0.2) is 0 Å². The van der Waals surface area contributed by atoms with Gasteiger partial charge in [-0.1, -0.05) is 11.6 Å². The fourth-order valence-corrected chi connectivity index (χ4v) is 2.25. The summed E-state index contributed by atoms with van der Waals surface area (Å²) in [5.41, 5.74) is 0.261. The van der Waals surface area contributed by atoms with E-state index in [9.17, 15) is 17.6 Å². The molecule has 0 radical (unpaired) electrons. The van der Waals surface area contributed by atoms with Gasteiger partial charge < -0.3 is 4.98 Å². The SMILES string of the molecule is Fc1ccc(-c2nc3ccc(C(F)(F)F)cc3[nH]2)c(Cl)c1. The van der Waals surface area contributed by atoms with Crippen LogP contribution in [0.2, 0.25) is 5.02 Å². The first-order valence-corrected chi connectivity index (χ1v) is 6.25. The van der Waals surface area contributed by atoms with E-state index < -0.39 is 17.6 Å². The topological polar surface area (TPSA) is 28.7 Å². The number of imidazole rings is 1. The molecule has 7 heteroatoms. The van der Waals surface area contributed by atoms with Gasteiger partial charge in [-0.3, -0.25) is 0 Å². The first-order valence-electron chi connectivity index (χ1n) is 5.87. The Balaban J connectivity index is 2.13. The van der Waals surface area contributed by atoms with Gasteiger partial charge in [0.25, 0.3) is 0 Å². The summed E-state index contributed by atoms with van der Waals surface area (Å²) >= 11 is 5.92. The van der Waals surface area contributed by atoms with Gasteiger partial charge in [0.1, 0.15) is 11.6 Å². The van der Waals surface area contributed by atoms with Crippen molar-refractivity contribution >= 4 is 22.6 Å². The lowest BCUT2D eigenvalue weighted by molar-refractivity contribution is -0.137. The van der Waals surface area contributed by atoms with E-state index in [0.29, 0.717) is 11.1 Å². The van der Waals surface area contributed by atoms with Gasteiger partial charge in [0, 0.05) is 5.56 Å².